The minimum Gasteiger partial charge on any atom is -0.429 e. The first-order chi connectivity index (χ1) is 18.9. The Morgan fingerprint density at radius 1 is 0.950 bits per heavy atom. The number of aryl methyl sites for hydroxylation is 1. The summed E-state index contributed by atoms with van der Waals surface area (Å²) in [6.07, 6.45) is -1.52. The van der Waals surface area contributed by atoms with Gasteiger partial charge in [-0.15, -0.1) is 0 Å². The number of halogens is 9. The van der Waals surface area contributed by atoms with Gasteiger partial charge in [-0.3, -0.25) is 0 Å². The van der Waals surface area contributed by atoms with Crippen molar-refractivity contribution < 1.29 is 58.5 Å². The second-order valence-electron chi connectivity index (χ2n) is 8.92. The van der Waals surface area contributed by atoms with Gasteiger partial charge in [0.25, 0.3) is 0 Å². The molecule has 1 aliphatic rings. The summed E-state index contributed by atoms with van der Waals surface area (Å²) < 4.78 is 142. The lowest BCUT2D eigenvalue weighted by atomic mass is 10.0. The van der Waals surface area contributed by atoms with E-state index in [0.29, 0.717) is 31.3 Å². The van der Waals surface area contributed by atoms with Gasteiger partial charge in [-0.25, -0.2) is 17.6 Å². The Labute approximate surface area is 224 Å². The Morgan fingerprint density at radius 3 is 2.10 bits per heavy atom. The molecule has 0 aromatic heterocycles. The summed E-state index contributed by atoms with van der Waals surface area (Å²) in [5, 5.41) is 0. The first kappa shape index (κ1) is 31.3. The molecule has 0 bridgehead atoms. The molecule has 0 amide bonds. The fourth-order valence-electron chi connectivity index (χ4n) is 3.85. The van der Waals surface area contributed by atoms with E-state index in [1.807, 2.05) is 0 Å². The van der Waals surface area contributed by atoms with E-state index in [4.69, 9.17) is 9.47 Å². The van der Waals surface area contributed by atoms with Gasteiger partial charge in [0, 0.05) is 18.1 Å². The Kier molecular flexibility index (Phi) is 10.9. The number of ether oxygens (including phenoxy) is 4. The molecule has 0 N–H and O–H groups in total. The normalized spacial score (nSPS) is 17.8. The smallest absolute Gasteiger partial charge is 0.429 e. The highest BCUT2D eigenvalue weighted by Gasteiger charge is 2.41. The third kappa shape index (κ3) is 8.40. The number of unbranched alkanes of at least 4 members (excludes halogenated alkanes) is 1. The molecule has 1 aliphatic heterocycles. The predicted octanol–water partition coefficient (Wildman–Crippen LogP) is 8.45. The van der Waals surface area contributed by atoms with Crippen molar-refractivity contribution in [3.63, 3.8) is 0 Å². The number of allylic oxidation sites excluding steroid dienone is 1. The third-order valence-electron chi connectivity index (χ3n) is 5.80. The van der Waals surface area contributed by atoms with Gasteiger partial charge in [0.1, 0.15) is 22.9 Å². The highest BCUT2D eigenvalue weighted by molar-refractivity contribution is 5.37. The summed E-state index contributed by atoms with van der Waals surface area (Å²) in [6, 6.07) is -1.22. The molecule has 13 heteroatoms. The van der Waals surface area contributed by atoms with Crippen molar-refractivity contribution in [1.82, 2.24) is 0 Å². The van der Waals surface area contributed by atoms with E-state index in [0.717, 1.165) is 19.3 Å². The van der Waals surface area contributed by atoms with Crippen molar-refractivity contribution in [2.45, 2.75) is 51.4 Å². The molecule has 0 aliphatic carbocycles. The molecular weight excluding hydrogens is 559 g/mol. The molecule has 0 spiro atoms. The molecule has 40 heavy (non-hydrogen) atoms. The first-order valence-corrected chi connectivity index (χ1v) is 12.2. The van der Waals surface area contributed by atoms with E-state index in [9.17, 15) is 39.5 Å². The first-order valence-electron chi connectivity index (χ1n) is 12.2. The molecule has 1 fully saturated rings. The Morgan fingerprint density at radius 2 is 1.55 bits per heavy atom. The molecule has 220 valence electrons. The van der Waals surface area contributed by atoms with Gasteiger partial charge < -0.3 is 18.9 Å². The Balaban J connectivity index is 1.63. The van der Waals surface area contributed by atoms with Crippen LogP contribution >= 0.6 is 0 Å². The fraction of sp³-hybridized carbons (Fsp3) is 0.407. The molecule has 1 heterocycles. The molecule has 3 rings (SSSR count). The minimum absolute atomic E-state index is 0.0390. The van der Waals surface area contributed by atoms with Gasteiger partial charge >= 0.3 is 18.2 Å². The van der Waals surface area contributed by atoms with Crippen molar-refractivity contribution in [3.05, 3.63) is 82.9 Å². The monoisotopic (exact) mass is 584 g/mol. The van der Waals surface area contributed by atoms with Crippen LogP contribution < -0.4 is 9.47 Å². The standard InChI is InChI=1S/C27H25F9O4/c1-2-3-6-16-13-37-22(38-14-16)8-5-4-7-15-9-18(28)23(19(29)10-15)27(35,36)40-17-11-20(30)24(21(31)12-17)39-26(34)25(32)33/h5,8-12,16,22H,2-4,6-7,13-14H2,1H3. The van der Waals surface area contributed by atoms with Crippen LogP contribution in [0.4, 0.5) is 39.5 Å². The number of hydrogen-bond donors (Lipinski definition) is 0. The summed E-state index contributed by atoms with van der Waals surface area (Å²) in [5.74, 6) is -9.80. The van der Waals surface area contributed by atoms with Gasteiger partial charge in [-0.1, -0.05) is 25.8 Å². The second kappa shape index (κ2) is 13.9. The molecule has 0 radical (unpaired) electrons. The summed E-state index contributed by atoms with van der Waals surface area (Å²) in [5.41, 5.74) is -1.79. The zero-order valence-corrected chi connectivity index (χ0v) is 21.1. The molecule has 2 aromatic rings. The van der Waals surface area contributed by atoms with Gasteiger partial charge in [0.05, 0.1) is 13.2 Å². The largest absolute Gasteiger partial charge is 0.432 e. The van der Waals surface area contributed by atoms with Crippen molar-refractivity contribution >= 4 is 0 Å². The number of alkyl halides is 2. The van der Waals surface area contributed by atoms with Crippen LogP contribution in [0.5, 0.6) is 11.5 Å². The predicted molar refractivity (Wildman–Crippen MR) is 124 cm³/mol. The summed E-state index contributed by atoms with van der Waals surface area (Å²) in [7, 11) is 0. The number of benzene rings is 2. The lowest BCUT2D eigenvalue weighted by Crippen LogP contribution is -2.30. The highest BCUT2D eigenvalue weighted by Crippen LogP contribution is 2.38. The molecular formula is C27H25F9O4. The average molecular weight is 584 g/mol. The van der Waals surface area contributed by atoms with Crippen molar-refractivity contribution in [2.75, 3.05) is 13.2 Å². The van der Waals surface area contributed by atoms with Crippen LogP contribution in [-0.4, -0.2) is 19.5 Å². The van der Waals surface area contributed by atoms with Crippen LogP contribution in [0.15, 0.2) is 48.5 Å². The summed E-state index contributed by atoms with van der Waals surface area (Å²) in [4.78, 5) is 0. The van der Waals surface area contributed by atoms with Gasteiger partial charge in [-0.2, -0.15) is 22.0 Å². The van der Waals surface area contributed by atoms with E-state index >= 15 is 0 Å². The molecule has 4 nitrogen and oxygen atoms in total. The third-order valence-corrected chi connectivity index (χ3v) is 5.80. The lowest BCUT2D eigenvalue weighted by molar-refractivity contribution is -0.189. The van der Waals surface area contributed by atoms with Crippen LogP contribution in [0.3, 0.4) is 0 Å². The summed E-state index contributed by atoms with van der Waals surface area (Å²) in [6.45, 7) is 3.19. The van der Waals surface area contributed by atoms with E-state index < -0.39 is 64.8 Å². The van der Waals surface area contributed by atoms with Gasteiger partial charge in [0.2, 0.25) is 5.75 Å². The average Bonchev–Trinajstić information content (AvgIpc) is 2.87. The number of hydrogen-bond acceptors (Lipinski definition) is 4. The van der Waals surface area contributed by atoms with Crippen LogP contribution in [0.1, 0.15) is 43.7 Å². The van der Waals surface area contributed by atoms with E-state index in [1.54, 1.807) is 12.2 Å². The van der Waals surface area contributed by atoms with E-state index in [-0.39, 0.29) is 30.5 Å². The zero-order chi connectivity index (χ0) is 29.4. The van der Waals surface area contributed by atoms with Crippen molar-refractivity contribution in [3.8, 4) is 11.5 Å². The number of rotatable bonds is 12. The Bertz CT molecular complexity index is 1170. The maximum atomic E-state index is 14.6. The quantitative estimate of drug-likeness (QED) is 0.143. The van der Waals surface area contributed by atoms with Gasteiger partial charge in [0.15, 0.2) is 17.9 Å². The molecule has 2 aromatic carbocycles. The topological polar surface area (TPSA) is 36.9 Å². The fourth-order valence-corrected chi connectivity index (χ4v) is 3.85. The molecule has 1 saturated heterocycles. The molecule has 0 unspecified atom stereocenters. The van der Waals surface area contributed by atoms with Crippen LogP contribution in [0.2, 0.25) is 0 Å². The van der Waals surface area contributed by atoms with Crippen LogP contribution in [-0.2, 0) is 22.0 Å². The Hall–Kier alpha value is -3.19. The van der Waals surface area contributed by atoms with Crippen LogP contribution in [0, 0.1) is 29.2 Å². The summed E-state index contributed by atoms with van der Waals surface area (Å²) >= 11 is 0. The maximum absolute atomic E-state index is 14.6. The van der Waals surface area contributed by atoms with Crippen molar-refractivity contribution in [1.29, 1.82) is 0 Å². The van der Waals surface area contributed by atoms with Crippen molar-refractivity contribution in [2.24, 2.45) is 5.92 Å². The SMILES string of the molecule is CCCCC1COC(C=CCCc2cc(F)c(C(F)(F)Oc3cc(F)c(OC(F)=C(F)F)c(F)c3)c(F)c2)OC1. The molecule has 0 atom stereocenters. The van der Waals surface area contributed by atoms with Crippen LogP contribution in [0.25, 0.3) is 0 Å². The van der Waals surface area contributed by atoms with E-state index in [2.05, 4.69) is 16.4 Å². The lowest BCUT2D eigenvalue weighted by Gasteiger charge is -2.27. The zero-order valence-electron chi connectivity index (χ0n) is 21.1. The van der Waals surface area contributed by atoms with Gasteiger partial charge in [-0.05, 0) is 43.0 Å². The second-order valence-corrected chi connectivity index (χ2v) is 8.92. The highest BCUT2D eigenvalue weighted by atomic mass is 19.3. The van der Waals surface area contributed by atoms with E-state index in [1.165, 1.54) is 0 Å². The minimum atomic E-state index is -4.76. The maximum Gasteiger partial charge on any atom is 0.432 e. The molecule has 0 saturated carbocycles.